The normalized spacial score (nSPS) is 17.1. The largest absolute Gasteiger partial charge is 0.480 e. The highest BCUT2D eigenvalue weighted by atomic mass is 79.9. The minimum Gasteiger partial charge on any atom is -0.480 e. The lowest BCUT2D eigenvalue weighted by Gasteiger charge is -2.29. The molecule has 1 aliphatic rings. The lowest BCUT2D eigenvalue weighted by molar-refractivity contribution is -0.138. The maximum atomic E-state index is 12.2. The molecule has 1 amide bonds. The van der Waals surface area contributed by atoms with E-state index in [1.165, 1.54) is 0 Å². The van der Waals surface area contributed by atoms with Crippen LogP contribution in [0.15, 0.2) is 27.1 Å². The Balaban J connectivity index is 1.99. The Morgan fingerprint density at radius 2 is 2.05 bits per heavy atom. The molecular weight excluding hydrogens is 376 g/mol. The minimum absolute atomic E-state index is 0.0383. The average molecular weight is 392 g/mol. The third-order valence-corrected chi connectivity index (χ3v) is 4.09. The van der Waals surface area contributed by atoms with Gasteiger partial charge in [-0.05, 0) is 41.1 Å². The molecule has 1 unspecified atom stereocenters. The molecule has 0 aromatic heterocycles. The van der Waals surface area contributed by atoms with Gasteiger partial charge in [0.2, 0.25) is 0 Å². The van der Waals surface area contributed by atoms with Gasteiger partial charge in [0, 0.05) is 30.7 Å². The van der Waals surface area contributed by atoms with Crippen molar-refractivity contribution in [1.29, 1.82) is 0 Å². The number of piperazine rings is 1. The molecule has 104 valence electrons. The van der Waals surface area contributed by atoms with Gasteiger partial charge in [-0.1, -0.05) is 15.9 Å². The fraction of sp³-hybridized carbons (Fsp3) is 0.462. The Morgan fingerprint density at radius 3 is 2.68 bits per heavy atom. The number of halogens is 2. The van der Waals surface area contributed by atoms with E-state index < -0.39 is 6.10 Å². The lowest BCUT2D eigenvalue weighted by Crippen LogP contribution is -2.50. The first-order valence-electron chi connectivity index (χ1n) is 6.19. The van der Waals surface area contributed by atoms with Crippen LogP contribution in [0.2, 0.25) is 0 Å². The zero-order valence-corrected chi connectivity index (χ0v) is 13.8. The number of hydrogen-bond acceptors (Lipinski definition) is 3. The van der Waals surface area contributed by atoms with Gasteiger partial charge in [-0.2, -0.15) is 0 Å². The standard InChI is InChI=1S/C13H16Br2N2O2/c1-9(13(18)17-6-4-16-5-7-17)19-12-3-2-10(14)8-11(12)15/h2-3,8-9,16H,4-7H2,1H3. The number of hydrogen-bond donors (Lipinski definition) is 1. The summed E-state index contributed by atoms with van der Waals surface area (Å²) < 4.78 is 7.54. The number of amides is 1. The van der Waals surface area contributed by atoms with Crippen molar-refractivity contribution in [2.24, 2.45) is 0 Å². The minimum atomic E-state index is -0.476. The second-order valence-corrected chi connectivity index (χ2v) is 6.18. The van der Waals surface area contributed by atoms with Crippen LogP contribution in [0.4, 0.5) is 0 Å². The van der Waals surface area contributed by atoms with Crippen LogP contribution in [0, 0.1) is 0 Å². The summed E-state index contributed by atoms with van der Waals surface area (Å²) in [6.07, 6.45) is -0.476. The molecular formula is C13H16Br2N2O2. The van der Waals surface area contributed by atoms with E-state index in [4.69, 9.17) is 4.74 Å². The Hall–Kier alpha value is -0.590. The maximum Gasteiger partial charge on any atom is 0.263 e. The third-order valence-electron chi connectivity index (χ3n) is 2.97. The van der Waals surface area contributed by atoms with Crippen molar-refractivity contribution in [3.8, 4) is 5.75 Å². The van der Waals surface area contributed by atoms with Gasteiger partial charge in [0.1, 0.15) is 5.75 Å². The molecule has 1 N–H and O–H groups in total. The summed E-state index contributed by atoms with van der Waals surface area (Å²) in [5.74, 6) is 0.718. The van der Waals surface area contributed by atoms with Crippen LogP contribution in [0.1, 0.15) is 6.92 Å². The number of benzene rings is 1. The second-order valence-electron chi connectivity index (χ2n) is 4.41. The topological polar surface area (TPSA) is 41.6 Å². The molecule has 0 radical (unpaired) electrons. The van der Waals surface area contributed by atoms with Gasteiger partial charge < -0.3 is 15.0 Å². The second kappa shape index (κ2) is 6.72. The highest BCUT2D eigenvalue weighted by Gasteiger charge is 2.23. The Bertz CT molecular complexity index is 462. The van der Waals surface area contributed by atoms with Gasteiger partial charge in [0.15, 0.2) is 6.10 Å². The molecule has 1 atom stereocenters. The molecule has 0 aliphatic carbocycles. The summed E-state index contributed by atoms with van der Waals surface area (Å²) in [7, 11) is 0. The number of carbonyl (C=O) groups is 1. The summed E-state index contributed by atoms with van der Waals surface area (Å²) in [5, 5.41) is 3.23. The number of carbonyl (C=O) groups excluding carboxylic acids is 1. The van der Waals surface area contributed by atoms with Gasteiger partial charge >= 0.3 is 0 Å². The Labute approximate surface area is 129 Å². The summed E-state index contributed by atoms with van der Waals surface area (Å²) in [6.45, 7) is 4.97. The number of nitrogens with one attached hydrogen (secondary N) is 1. The van der Waals surface area contributed by atoms with Crippen LogP contribution in [0.3, 0.4) is 0 Å². The molecule has 0 spiro atoms. The fourth-order valence-corrected chi connectivity index (χ4v) is 3.09. The van der Waals surface area contributed by atoms with Crippen molar-refractivity contribution in [2.45, 2.75) is 13.0 Å². The average Bonchev–Trinajstić information content (AvgIpc) is 2.42. The third kappa shape index (κ3) is 3.94. The molecule has 1 heterocycles. The van der Waals surface area contributed by atoms with E-state index in [1.54, 1.807) is 6.92 Å². The van der Waals surface area contributed by atoms with E-state index >= 15 is 0 Å². The molecule has 1 aliphatic heterocycles. The maximum absolute atomic E-state index is 12.2. The molecule has 1 aromatic rings. The first-order valence-corrected chi connectivity index (χ1v) is 7.78. The summed E-state index contributed by atoms with van der Waals surface area (Å²) in [4.78, 5) is 14.1. The van der Waals surface area contributed by atoms with Crippen molar-refractivity contribution in [1.82, 2.24) is 10.2 Å². The smallest absolute Gasteiger partial charge is 0.263 e. The summed E-state index contributed by atoms with van der Waals surface area (Å²) >= 11 is 6.82. The van der Waals surface area contributed by atoms with E-state index in [0.29, 0.717) is 5.75 Å². The predicted molar refractivity (Wildman–Crippen MR) is 81.4 cm³/mol. The highest BCUT2D eigenvalue weighted by molar-refractivity contribution is 9.11. The molecule has 1 fully saturated rings. The van der Waals surface area contributed by atoms with E-state index in [-0.39, 0.29) is 5.91 Å². The highest BCUT2D eigenvalue weighted by Crippen LogP contribution is 2.29. The van der Waals surface area contributed by atoms with Crippen LogP contribution in [-0.2, 0) is 4.79 Å². The van der Waals surface area contributed by atoms with Gasteiger partial charge in [0.25, 0.3) is 5.91 Å². The van der Waals surface area contributed by atoms with Gasteiger partial charge in [-0.15, -0.1) is 0 Å². The summed E-state index contributed by atoms with van der Waals surface area (Å²) in [5.41, 5.74) is 0. The van der Waals surface area contributed by atoms with Crippen molar-refractivity contribution in [3.63, 3.8) is 0 Å². The SMILES string of the molecule is CC(Oc1ccc(Br)cc1Br)C(=O)N1CCNCC1. The zero-order valence-electron chi connectivity index (χ0n) is 10.7. The fourth-order valence-electron chi connectivity index (χ4n) is 1.95. The van der Waals surface area contributed by atoms with Crippen LogP contribution in [0.25, 0.3) is 0 Å². The number of rotatable bonds is 3. The van der Waals surface area contributed by atoms with Crippen LogP contribution >= 0.6 is 31.9 Å². The van der Waals surface area contributed by atoms with E-state index in [1.807, 2.05) is 23.1 Å². The first-order chi connectivity index (χ1) is 9.08. The van der Waals surface area contributed by atoms with Crippen molar-refractivity contribution >= 4 is 37.8 Å². The molecule has 0 saturated carbocycles. The van der Waals surface area contributed by atoms with Crippen LogP contribution < -0.4 is 10.1 Å². The van der Waals surface area contributed by atoms with Crippen molar-refractivity contribution in [2.75, 3.05) is 26.2 Å². The van der Waals surface area contributed by atoms with E-state index in [2.05, 4.69) is 37.2 Å². The molecule has 1 aromatic carbocycles. The predicted octanol–water partition coefficient (Wildman–Crippen LogP) is 2.41. The van der Waals surface area contributed by atoms with E-state index in [9.17, 15) is 4.79 Å². The van der Waals surface area contributed by atoms with Crippen molar-refractivity contribution < 1.29 is 9.53 Å². The molecule has 6 heteroatoms. The van der Waals surface area contributed by atoms with Crippen LogP contribution in [0.5, 0.6) is 5.75 Å². The monoisotopic (exact) mass is 390 g/mol. The zero-order chi connectivity index (χ0) is 13.8. The number of ether oxygens (including phenoxy) is 1. The molecule has 2 rings (SSSR count). The Morgan fingerprint density at radius 1 is 1.37 bits per heavy atom. The summed E-state index contributed by atoms with van der Waals surface area (Å²) in [6, 6.07) is 5.63. The molecule has 0 bridgehead atoms. The molecule has 1 saturated heterocycles. The van der Waals surface area contributed by atoms with Crippen LogP contribution in [-0.4, -0.2) is 43.1 Å². The lowest BCUT2D eigenvalue weighted by atomic mass is 10.3. The molecule has 4 nitrogen and oxygen atoms in total. The first kappa shape index (κ1) is 14.8. The Kier molecular flexibility index (Phi) is 5.24. The quantitative estimate of drug-likeness (QED) is 0.860. The van der Waals surface area contributed by atoms with Gasteiger partial charge in [-0.3, -0.25) is 4.79 Å². The number of nitrogens with zero attached hydrogens (tertiary/aromatic N) is 1. The van der Waals surface area contributed by atoms with E-state index in [0.717, 1.165) is 35.1 Å². The van der Waals surface area contributed by atoms with Crippen molar-refractivity contribution in [3.05, 3.63) is 27.1 Å². The van der Waals surface area contributed by atoms with Gasteiger partial charge in [0.05, 0.1) is 4.47 Å². The van der Waals surface area contributed by atoms with Gasteiger partial charge in [-0.25, -0.2) is 0 Å². The molecule has 19 heavy (non-hydrogen) atoms.